The van der Waals surface area contributed by atoms with Crippen molar-refractivity contribution < 1.29 is 14.7 Å². The third kappa shape index (κ3) is 5.01. The molecule has 0 radical (unpaired) electrons. The predicted octanol–water partition coefficient (Wildman–Crippen LogP) is 0.102. The normalized spacial score (nSPS) is 21.3. The van der Waals surface area contributed by atoms with Crippen molar-refractivity contribution in [1.82, 2.24) is 10.6 Å². The Hall–Kier alpha value is -1.14. The van der Waals surface area contributed by atoms with E-state index in [4.69, 9.17) is 5.73 Å². The van der Waals surface area contributed by atoms with Gasteiger partial charge in [-0.25, -0.2) is 4.79 Å². The van der Waals surface area contributed by atoms with Crippen LogP contribution in [0.3, 0.4) is 0 Å². The van der Waals surface area contributed by atoms with Crippen LogP contribution >= 0.6 is 0 Å². The van der Waals surface area contributed by atoms with Gasteiger partial charge in [0.05, 0.1) is 12.1 Å². The Morgan fingerprint density at radius 1 is 1.22 bits per heavy atom. The maximum Gasteiger partial charge on any atom is 0.318 e. The number of aliphatic hydroxyl groups is 1. The first-order valence-electron chi connectivity index (χ1n) is 6.25. The van der Waals surface area contributed by atoms with Crippen LogP contribution in [-0.4, -0.2) is 35.7 Å². The van der Waals surface area contributed by atoms with Gasteiger partial charge in [0.1, 0.15) is 0 Å². The second-order valence-electron chi connectivity index (χ2n) is 5.90. The van der Waals surface area contributed by atoms with E-state index >= 15 is 0 Å². The average molecular weight is 257 g/mol. The van der Waals surface area contributed by atoms with Crippen molar-refractivity contribution in [2.24, 2.45) is 11.1 Å². The molecule has 1 fully saturated rings. The topological polar surface area (TPSA) is 104 Å². The zero-order chi connectivity index (χ0) is 13.8. The smallest absolute Gasteiger partial charge is 0.318 e. The Balaban J connectivity index is 2.27. The summed E-state index contributed by atoms with van der Waals surface area (Å²) in [6, 6.07) is -0.861. The first kappa shape index (κ1) is 14.9. The molecule has 6 heteroatoms. The number of carbonyl (C=O) groups excluding carboxylic acids is 2. The molecule has 6 nitrogen and oxygen atoms in total. The van der Waals surface area contributed by atoms with E-state index in [1.165, 1.54) is 0 Å². The Bertz CT molecular complexity index is 319. The zero-order valence-electron chi connectivity index (χ0n) is 11.1. The van der Waals surface area contributed by atoms with Crippen LogP contribution in [0.25, 0.3) is 0 Å². The third-order valence-electron chi connectivity index (χ3n) is 3.54. The molecule has 0 aromatic rings. The molecule has 0 aromatic carbocycles. The summed E-state index contributed by atoms with van der Waals surface area (Å²) >= 11 is 0. The highest BCUT2D eigenvalue weighted by Crippen LogP contribution is 2.39. The molecule has 18 heavy (non-hydrogen) atoms. The summed E-state index contributed by atoms with van der Waals surface area (Å²) in [6.45, 7) is 4.73. The molecular weight excluding hydrogens is 234 g/mol. The van der Waals surface area contributed by atoms with Gasteiger partial charge in [-0.2, -0.15) is 0 Å². The van der Waals surface area contributed by atoms with Gasteiger partial charge in [-0.3, -0.25) is 10.1 Å². The molecule has 1 saturated carbocycles. The number of nitrogens with one attached hydrogen (secondary N) is 2. The van der Waals surface area contributed by atoms with Gasteiger partial charge in [-0.1, -0.05) is 13.8 Å². The molecule has 104 valence electrons. The summed E-state index contributed by atoms with van der Waals surface area (Å²) in [5.74, 6) is -0.484. The van der Waals surface area contributed by atoms with Crippen LogP contribution in [0.4, 0.5) is 4.79 Å². The highest BCUT2D eigenvalue weighted by Gasteiger charge is 2.36. The van der Waals surface area contributed by atoms with E-state index in [9.17, 15) is 14.7 Å². The second kappa shape index (κ2) is 5.67. The first-order chi connectivity index (χ1) is 8.22. The van der Waals surface area contributed by atoms with E-state index in [0.717, 1.165) is 25.7 Å². The monoisotopic (exact) mass is 257 g/mol. The number of primary amides is 1. The van der Waals surface area contributed by atoms with E-state index < -0.39 is 17.5 Å². The molecule has 1 rings (SSSR count). The van der Waals surface area contributed by atoms with Gasteiger partial charge in [0.2, 0.25) is 5.91 Å². The van der Waals surface area contributed by atoms with Crippen LogP contribution in [0.2, 0.25) is 0 Å². The molecule has 0 saturated heterocycles. The van der Waals surface area contributed by atoms with Crippen LogP contribution < -0.4 is 16.4 Å². The maximum atomic E-state index is 11.1. The summed E-state index contributed by atoms with van der Waals surface area (Å²) in [4.78, 5) is 21.6. The van der Waals surface area contributed by atoms with Crippen LogP contribution in [0.1, 0.15) is 39.5 Å². The quantitative estimate of drug-likeness (QED) is 0.573. The fraction of sp³-hybridized carbons (Fsp3) is 0.833. The fourth-order valence-corrected chi connectivity index (χ4v) is 2.16. The summed E-state index contributed by atoms with van der Waals surface area (Å²) < 4.78 is 0. The Morgan fingerprint density at radius 3 is 2.28 bits per heavy atom. The molecule has 0 heterocycles. The van der Waals surface area contributed by atoms with Gasteiger partial charge < -0.3 is 16.2 Å². The number of urea groups is 1. The van der Waals surface area contributed by atoms with Gasteiger partial charge >= 0.3 is 6.03 Å². The van der Waals surface area contributed by atoms with E-state index in [2.05, 4.69) is 19.2 Å². The number of hydrogen-bond donors (Lipinski definition) is 4. The zero-order valence-corrected chi connectivity index (χ0v) is 11.1. The van der Waals surface area contributed by atoms with Gasteiger partial charge in [0.15, 0.2) is 0 Å². The van der Waals surface area contributed by atoms with Crippen LogP contribution in [0.5, 0.6) is 0 Å². The van der Waals surface area contributed by atoms with Crippen molar-refractivity contribution in [3.05, 3.63) is 0 Å². The van der Waals surface area contributed by atoms with Crippen molar-refractivity contribution >= 4 is 11.9 Å². The predicted molar refractivity (Wildman–Crippen MR) is 67.8 cm³/mol. The standard InChI is InChI=1S/C12H23N3O3/c1-11(2)3-5-12(18,6-4-11)8-14-7-9(16)15-10(13)17/h14,18H,3-8H2,1-2H3,(H3,13,15,16,17). The van der Waals surface area contributed by atoms with Crippen LogP contribution in [-0.2, 0) is 4.79 Å². The number of hydrogen-bond acceptors (Lipinski definition) is 4. The summed E-state index contributed by atoms with van der Waals surface area (Å²) in [7, 11) is 0. The molecule has 1 aliphatic rings. The molecule has 0 aliphatic heterocycles. The lowest BCUT2D eigenvalue weighted by Crippen LogP contribution is -2.48. The number of nitrogens with two attached hydrogens (primary N) is 1. The van der Waals surface area contributed by atoms with Gasteiger partial charge in [-0.15, -0.1) is 0 Å². The Morgan fingerprint density at radius 2 is 1.78 bits per heavy atom. The van der Waals surface area contributed by atoms with Crippen molar-refractivity contribution in [2.75, 3.05) is 13.1 Å². The molecule has 3 amide bonds. The Kier molecular flexibility index (Phi) is 4.70. The van der Waals surface area contributed by atoms with Crippen molar-refractivity contribution in [3.8, 4) is 0 Å². The fourth-order valence-electron chi connectivity index (χ4n) is 2.16. The van der Waals surface area contributed by atoms with Crippen LogP contribution in [0, 0.1) is 5.41 Å². The second-order valence-corrected chi connectivity index (χ2v) is 5.90. The highest BCUT2D eigenvalue weighted by molar-refractivity contribution is 5.94. The van der Waals surface area contributed by atoms with Gasteiger partial charge in [0.25, 0.3) is 0 Å². The Labute approximate surface area is 107 Å². The van der Waals surface area contributed by atoms with Crippen molar-refractivity contribution in [2.45, 2.75) is 45.1 Å². The third-order valence-corrected chi connectivity index (χ3v) is 3.54. The number of rotatable bonds is 4. The molecule has 0 unspecified atom stereocenters. The molecule has 0 bridgehead atoms. The lowest BCUT2D eigenvalue weighted by Gasteiger charge is -2.40. The van der Waals surface area contributed by atoms with Gasteiger partial charge in [0, 0.05) is 6.54 Å². The minimum atomic E-state index is -0.861. The SMILES string of the molecule is CC1(C)CCC(O)(CNCC(=O)NC(N)=O)CC1. The average Bonchev–Trinajstić information content (AvgIpc) is 2.22. The van der Waals surface area contributed by atoms with E-state index in [1.807, 2.05) is 5.32 Å². The largest absolute Gasteiger partial charge is 0.389 e. The minimum absolute atomic E-state index is 0.0192. The highest BCUT2D eigenvalue weighted by atomic mass is 16.3. The summed E-state index contributed by atoms with van der Waals surface area (Å²) in [6.07, 6.45) is 3.40. The number of imide groups is 1. The first-order valence-corrected chi connectivity index (χ1v) is 6.25. The van der Waals surface area contributed by atoms with Crippen molar-refractivity contribution in [3.63, 3.8) is 0 Å². The summed E-state index contributed by atoms with van der Waals surface area (Å²) in [5, 5.41) is 15.1. The maximum absolute atomic E-state index is 11.1. The minimum Gasteiger partial charge on any atom is -0.389 e. The molecule has 0 aromatic heterocycles. The lowest BCUT2D eigenvalue weighted by molar-refractivity contribution is -0.119. The van der Waals surface area contributed by atoms with Gasteiger partial charge in [-0.05, 0) is 31.1 Å². The summed E-state index contributed by atoms with van der Waals surface area (Å²) in [5.41, 5.74) is 4.36. The molecular formula is C12H23N3O3. The number of carbonyl (C=O) groups is 2. The lowest BCUT2D eigenvalue weighted by atomic mass is 9.71. The molecule has 5 N–H and O–H groups in total. The van der Waals surface area contributed by atoms with Crippen molar-refractivity contribution in [1.29, 1.82) is 0 Å². The van der Waals surface area contributed by atoms with Crippen LogP contribution in [0.15, 0.2) is 0 Å². The van der Waals surface area contributed by atoms with E-state index in [1.54, 1.807) is 0 Å². The molecule has 1 aliphatic carbocycles. The molecule has 0 spiro atoms. The van der Waals surface area contributed by atoms with E-state index in [-0.39, 0.29) is 12.0 Å². The van der Waals surface area contributed by atoms with E-state index in [0.29, 0.717) is 6.54 Å². The molecule has 0 atom stereocenters. The number of amides is 3.